The van der Waals surface area contributed by atoms with E-state index < -0.39 is 4.92 Å². The Hall–Kier alpha value is -3.24. The molecule has 0 spiro atoms. The molecule has 1 N–H and O–H groups in total. The molecular formula is C23H19Br2N3O5. The zero-order chi connectivity index (χ0) is 23.8. The standard InChI is InChI=1S/C23H19Br2N3O5/c1-32-19-8-4-15(5-9-19)12-22(29)27-26-13-17-10-20(24)23(21(25)11-17)33-14-16-2-6-18(7-3-16)28(30)31/h2-11,13H,12,14H2,1H3,(H,27,29)/b26-13-. The zero-order valence-corrected chi connectivity index (χ0v) is 20.6. The average Bonchev–Trinajstić information content (AvgIpc) is 2.79. The van der Waals surface area contributed by atoms with Crippen LogP contribution < -0.4 is 14.9 Å². The molecule has 8 nitrogen and oxygen atoms in total. The van der Waals surface area contributed by atoms with E-state index in [9.17, 15) is 14.9 Å². The minimum Gasteiger partial charge on any atom is -0.497 e. The van der Waals surface area contributed by atoms with Gasteiger partial charge in [0.25, 0.3) is 5.69 Å². The minimum atomic E-state index is -0.445. The van der Waals surface area contributed by atoms with Crippen LogP contribution in [0.2, 0.25) is 0 Å². The van der Waals surface area contributed by atoms with Crippen molar-refractivity contribution in [3.05, 3.63) is 96.4 Å². The van der Waals surface area contributed by atoms with Crippen LogP contribution in [0.15, 0.2) is 74.7 Å². The number of carbonyl (C=O) groups excluding carboxylic acids is 1. The number of amides is 1. The number of non-ortho nitro benzene ring substituents is 1. The summed E-state index contributed by atoms with van der Waals surface area (Å²) >= 11 is 6.95. The van der Waals surface area contributed by atoms with E-state index in [1.54, 1.807) is 43.5 Å². The maximum Gasteiger partial charge on any atom is 0.269 e. The summed E-state index contributed by atoms with van der Waals surface area (Å²) < 4.78 is 12.3. The number of hydrogen-bond donors (Lipinski definition) is 1. The van der Waals surface area contributed by atoms with Gasteiger partial charge in [0.15, 0.2) is 0 Å². The van der Waals surface area contributed by atoms with Crippen molar-refractivity contribution < 1.29 is 19.2 Å². The number of nitrogens with one attached hydrogen (secondary N) is 1. The third-order valence-corrected chi connectivity index (χ3v) is 5.66. The summed E-state index contributed by atoms with van der Waals surface area (Å²) in [7, 11) is 1.59. The summed E-state index contributed by atoms with van der Waals surface area (Å²) in [6, 6.07) is 17.0. The van der Waals surface area contributed by atoms with Gasteiger partial charge >= 0.3 is 0 Å². The summed E-state index contributed by atoms with van der Waals surface area (Å²) in [5, 5.41) is 14.8. The fourth-order valence-corrected chi connectivity index (χ4v) is 4.26. The van der Waals surface area contributed by atoms with Gasteiger partial charge < -0.3 is 9.47 Å². The monoisotopic (exact) mass is 575 g/mol. The molecule has 3 aromatic rings. The maximum absolute atomic E-state index is 12.1. The molecule has 0 aliphatic rings. The molecule has 0 aliphatic heterocycles. The third-order valence-electron chi connectivity index (χ3n) is 4.48. The maximum atomic E-state index is 12.1. The van der Waals surface area contributed by atoms with E-state index in [-0.39, 0.29) is 24.6 Å². The van der Waals surface area contributed by atoms with Crippen LogP contribution in [0.4, 0.5) is 5.69 Å². The molecule has 0 fully saturated rings. The fourth-order valence-electron chi connectivity index (χ4n) is 2.81. The molecule has 170 valence electrons. The van der Waals surface area contributed by atoms with E-state index >= 15 is 0 Å². The van der Waals surface area contributed by atoms with Crippen molar-refractivity contribution in [2.75, 3.05) is 7.11 Å². The van der Waals surface area contributed by atoms with E-state index in [2.05, 4.69) is 42.4 Å². The van der Waals surface area contributed by atoms with Crippen LogP contribution in [0.5, 0.6) is 11.5 Å². The molecule has 3 aromatic carbocycles. The van der Waals surface area contributed by atoms with Crippen LogP contribution in [-0.4, -0.2) is 24.2 Å². The van der Waals surface area contributed by atoms with Crippen LogP contribution >= 0.6 is 31.9 Å². The molecule has 33 heavy (non-hydrogen) atoms. The smallest absolute Gasteiger partial charge is 0.269 e. The lowest BCUT2D eigenvalue weighted by Crippen LogP contribution is -2.19. The van der Waals surface area contributed by atoms with Gasteiger partial charge in [-0.1, -0.05) is 12.1 Å². The number of halogens is 2. The lowest BCUT2D eigenvalue weighted by molar-refractivity contribution is -0.384. The number of methoxy groups -OCH3 is 1. The van der Waals surface area contributed by atoms with Crippen LogP contribution in [0.1, 0.15) is 16.7 Å². The van der Waals surface area contributed by atoms with Crippen molar-refractivity contribution in [1.29, 1.82) is 0 Å². The van der Waals surface area contributed by atoms with E-state index in [1.807, 2.05) is 12.1 Å². The Kier molecular flexibility index (Phi) is 8.56. The summed E-state index contributed by atoms with van der Waals surface area (Å²) in [4.78, 5) is 22.4. The molecule has 1 amide bonds. The fraction of sp³-hybridized carbons (Fsp3) is 0.130. The second-order valence-corrected chi connectivity index (χ2v) is 8.55. The molecule has 0 atom stereocenters. The molecule has 0 saturated carbocycles. The van der Waals surface area contributed by atoms with Gasteiger partial charge in [0, 0.05) is 12.1 Å². The molecule has 0 bridgehead atoms. The number of hydrazone groups is 1. The quantitative estimate of drug-likeness (QED) is 0.209. The lowest BCUT2D eigenvalue weighted by Gasteiger charge is -2.11. The van der Waals surface area contributed by atoms with Crippen LogP contribution in [-0.2, 0) is 17.8 Å². The van der Waals surface area contributed by atoms with Gasteiger partial charge in [-0.15, -0.1) is 0 Å². The summed E-state index contributed by atoms with van der Waals surface area (Å²) in [5.41, 5.74) is 4.92. The number of carbonyl (C=O) groups is 1. The van der Waals surface area contributed by atoms with Crippen molar-refractivity contribution in [3.8, 4) is 11.5 Å². The molecule has 0 unspecified atom stereocenters. The van der Waals surface area contributed by atoms with Crippen LogP contribution in [0, 0.1) is 10.1 Å². The van der Waals surface area contributed by atoms with Gasteiger partial charge in [0.1, 0.15) is 18.1 Å². The van der Waals surface area contributed by atoms with E-state index in [0.717, 1.165) is 22.4 Å². The first-order valence-electron chi connectivity index (χ1n) is 9.65. The highest BCUT2D eigenvalue weighted by atomic mass is 79.9. The number of rotatable bonds is 9. The molecule has 3 rings (SSSR count). The van der Waals surface area contributed by atoms with Gasteiger partial charge in [-0.05, 0) is 84.9 Å². The van der Waals surface area contributed by atoms with Crippen molar-refractivity contribution in [2.24, 2.45) is 5.10 Å². The third kappa shape index (κ3) is 7.13. The number of benzene rings is 3. The van der Waals surface area contributed by atoms with Gasteiger partial charge in [-0.25, -0.2) is 5.43 Å². The van der Waals surface area contributed by atoms with E-state index in [4.69, 9.17) is 9.47 Å². The predicted molar refractivity (Wildman–Crippen MR) is 132 cm³/mol. The second kappa shape index (κ2) is 11.6. The van der Waals surface area contributed by atoms with Gasteiger partial charge in [0.2, 0.25) is 5.91 Å². The van der Waals surface area contributed by atoms with Crippen LogP contribution in [0.3, 0.4) is 0 Å². The minimum absolute atomic E-state index is 0.0286. The average molecular weight is 577 g/mol. The summed E-state index contributed by atoms with van der Waals surface area (Å²) in [5.74, 6) is 1.07. The SMILES string of the molecule is COc1ccc(CC(=O)N/N=C\c2cc(Br)c(OCc3ccc([N+](=O)[O-])cc3)c(Br)c2)cc1. The first-order valence-corrected chi connectivity index (χ1v) is 11.2. The highest BCUT2D eigenvalue weighted by Gasteiger charge is 2.10. The first-order chi connectivity index (χ1) is 15.9. The zero-order valence-electron chi connectivity index (χ0n) is 17.5. The molecule has 0 saturated heterocycles. The second-order valence-electron chi connectivity index (χ2n) is 6.84. The Morgan fingerprint density at radius 3 is 2.24 bits per heavy atom. The van der Waals surface area contributed by atoms with E-state index in [1.165, 1.54) is 18.3 Å². The Labute approximate surface area is 207 Å². The van der Waals surface area contributed by atoms with Crippen molar-refractivity contribution in [2.45, 2.75) is 13.0 Å². The Balaban J connectivity index is 1.56. The normalized spacial score (nSPS) is 10.8. The summed E-state index contributed by atoms with van der Waals surface area (Å²) in [6.07, 6.45) is 1.73. The topological polar surface area (TPSA) is 103 Å². The Bertz CT molecular complexity index is 1140. The highest BCUT2D eigenvalue weighted by molar-refractivity contribution is 9.11. The number of nitrogens with zero attached hydrogens (tertiary/aromatic N) is 2. The largest absolute Gasteiger partial charge is 0.497 e. The highest BCUT2D eigenvalue weighted by Crippen LogP contribution is 2.35. The molecule has 0 aromatic heterocycles. The van der Waals surface area contributed by atoms with Gasteiger partial charge in [0.05, 0.1) is 33.6 Å². The number of hydrogen-bond acceptors (Lipinski definition) is 6. The molecule has 0 heterocycles. The predicted octanol–water partition coefficient (Wildman–Crippen LogP) is 5.40. The molecule has 10 heteroatoms. The molecule has 0 radical (unpaired) electrons. The first kappa shape index (κ1) is 24.4. The van der Waals surface area contributed by atoms with Gasteiger partial charge in [-0.2, -0.15) is 5.10 Å². The summed E-state index contributed by atoms with van der Waals surface area (Å²) in [6.45, 7) is 0.240. The van der Waals surface area contributed by atoms with E-state index in [0.29, 0.717) is 14.7 Å². The van der Waals surface area contributed by atoms with Crippen LogP contribution in [0.25, 0.3) is 0 Å². The Morgan fingerprint density at radius 2 is 1.67 bits per heavy atom. The number of ether oxygens (including phenoxy) is 2. The van der Waals surface area contributed by atoms with Crippen molar-refractivity contribution in [3.63, 3.8) is 0 Å². The number of nitro benzene ring substituents is 1. The van der Waals surface area contributed by atoms with Crippen molar-refractivity contribution >= 4 is 49.7 Å². The molecular weight excluding hydrogens is 558 g/mol. The number of nitro groups is 1. The van der Waals surface area contributed by atoms with Crippen molar-refractivity contribution in [1.82, 2.24) is 5.43 Å². The van der Waals surface area contributed by atoms with Gasteiger partial charge in [-0.3, -0.25) is 14.9 Å². The lowest BCUT2D eigenvalue weighted by atomic mass is 10.1. The molecule has 0 aliphatic carbocycles. The Morgan fingerprint density at radius 1 is 1.06 bits per heavy atom.